The zero-order chi connectivity index (χ0) is 10.8. The predicted molar refractivity (Wildman–Crippen MR) is 46.9 cm³/mol. The smallest absolute Gasteiger partial charge is 0.383 e. The van der Waals surface area contributed by atoms with E-state index in [9.17, 15) is 13.2 Å². The van der Waals surface area contributed by atoms with Crippen LogP contribution in [0.4, 0.5) is 13.2 Å². The highest BCUT2D eigenvalue weighted by Crippen LogP contribution is 2.23. The Morgan fingerprint density at radius 2 is 1.86 bits per heavy atom. The van der Waals surface area contributed by atoms with Crippen LogP contribution in [0.2, 0.25) is 0 Å². The van der Waals surface area contributed by atoms with Crippen LogP contribution in [0.1, 0.15) is 11.1 Å². The first-order valence-electron chi connectivity index (χ1n) is 4.20. The molecule has 0 heterocycles. The minimum Gasteiger partial charge on any atom is -0.383 e. The van der Waals surface area contributed by atoms with Crippen molar-refractivity contribution < 1.29 is 18.3 Å². The van der Waals surface area contributed by atoms with Crippen LogP contribution in [-0.2, 0) is 6.42 Å². The highest BCUT2D eigenvalue weighted by Gasteiger charge is 2.38. The third-order valence-electron chi connectivity index (χ3n) is 2.05. The lowest BCUT2D eigenvalue weighted by atomic mass is 10.0. The van der Waals surface area contributed by atoms with E-state index in [0.29, 0.717) is 5.56 Å². The highest BCUT2D eigenvalue weighted by molar-refractivity contribution is 5.26. The van der Waals surface area contributed by atoms with Crippen LogP contribution >= 0.6 is 0 Å². The molecule has 0 fully saturated rings. The molecule has 0 bridgehead atoms. The number of benzene rings is 1. The lowest BCUT2D eigenvalue weighted by Gasteiger charge is -2.15. The molecule has 1 atom stereocenters. The van der Waals surface area contributed by atoms with Gasteiger partial charge in [0, 0.05) is 6.42 Å². The van der Waals surface area contributed by atoms with Crippen molar-refractivity contribution in [2.75, 3.05) is 0 Å². The summed E-state index contributed by atoms with van der Waals surface area (Å²) in [7, 11) is 0. The summed E-state index contributed by atoms with van der Waals surface area (Å²) in [6, 6.07) is 6.72. The molecule has 1 nitrogen and oxygen atoms in total. The molecule has 1 aromatic carbocycles. The Morgan fingerprint density at radius 1 is 1.29 bits per heavy atom. The summed E-state index contributed by atoms with van der Waals surface area (Å²) in [5, 5.41) is 8.84. The van der Waals surface area contributed by atoms with Gasteiger partial charge in [0.15, 0.2) is 6.10 Å². The average molecular weight is 204 g/mol. The van der Waals surface area contributed by atoms with Gasteiger partial charge >= 0.3 is 6.18 Å². The van der Waals surface area contributed by atoms with Crippen LogP contribution in [0.15, 0.2) is 24.3 Å². The second-order valence-corrected chi connectivity index (χ2v) is 3.19. The molecule has 1 rings (SSSR count). The maximum Gasteiger partial charge on any atom is 0.414 e. The molecule has 0 unspecified atom stereocenters. The topological polar surface area (TPSA) is 20.2 Å². The Bertz CT molecular complexity index is 306. The van der Waals surface area contributed by atoms with Gasteiger partial charge in [0.05, 0.1) is 0 Å². The first kappa shape index (κ1) is 11.0. The third-order valence-corrected chi connectivity index (χ3v) is 2.05. The minimum atomic E-state index is -4.54. The van der Waals surface area contributed by atoms with Crippen LogP contribution in [0.25, 0.3) is 0 Å². The quantitative estimate of drug-likeness (QED) is 0.784. The van der Waals surface area contributed by atoms with Crippen molar-refractivity contribution in [1.29, 1.82) is 0 Å². The maximum atomic E-state index is 12.0. The molecule has 0 spiro atoms. The van der Waals surface area contributed by atoms with Gasteiger partial charge in [0.1, 0.15) is 0 Å². The molecule has 0 amide bonds. The van der Waals surface area contributed by atoms with Gasteiger partial charge in [-0.15, -0.1) is 0 Å². The molecule has 0 aliphatic heterocycles. The van der Waals surface area contributed by atoms with Gasteiger partial charge in [0.25, 0.3) is 0 Å². The van der Waals surface area contributed by atoms with E-state index in [-0.39, 0.29) is 6.42 Å². The monoisotopic (exact) mass is 204 g/mol. The maximum absolute atomic E-state index is 12.0. The predicted octanol–water partition coefficient (Wildman–Crippen LogP) is 2.46. The SMILES string of the molecule is Cc1ccccc1C[C@H](O)C(F)(F)F. The summed E-state index contributed by atoms with van der Waals surface area (Å²) in [6.45, 7) is 1.72. The van der Waals surface area contributed by atoms with Crippen molar-refractivity contribution in [2.45, 2.75) is 25.6 Å². The van der Waals surface area contributed by atoms with E-state index in [2.05, 4.69) is 0 Å². The molecule has 0 radical (unpaired) electrons. The van der Waals surface area contributed by atoms with E-state index in [1.54, 1.807) is 31.2 Å². The molecule has 14 heavy (non-hydrogen) atoms. The largest absolute Gasteiger partial charge is 0.414 e. The summed E-state index contributed by atoms with van der Waals surface area (Å²) in [5.41, 5.74) is 1.29. The summed E-state index contributed by atoms with van der Waals surface area (Å²) >= 11 is 0. The molecule has 0 saturated heterocycles. The van der Waals surface area contributed by atoms with Crippen molar-refractivity contribution in [1.82, 2.24) is 0 Å². The van der Waals surface area contributed by atoms with Crippen molar-refractivity contribution in [2.24, 2.45) is 0 Å². The fourth-order valence-corrected chi connectivity index (χ4v) is 1.16. The molecule has 0 saturated carbocycles. The first-order valence-corrected chi connectivity index (χ1v) is 4.20. The molecule has 0 aromatic heterocycles. The zero-order valence-electron chi connectivity index (χ0n) is 7.67. The second-order valence-electron chi connectivity index (χ2n) is 3.19. The lowest BCUT2D eigenvalue weighted by Crippen LogP contribution is -2.30. The number of hydrogen-bond acceptors (Lipinski definition) is 1. The normalized spacial score (nSPS) is 14.1. The zero-order valence-corrected chi connectivity index (χ0v) is 7.67. The van der Waals surface area contributed by atoms with Crippen molar-refractivity contribution in [3.63, 3.8) is 0 Å². The Kier molecular flexibility index (Phi) is 3.16. The number of aliphatic hydroxyl groups excluding tert-OH is 1. The van der Waals surface area contributed by atoms with E-state index < -0.39 is 12.3 Å². The third kappa shape index (κ3) is 2.73. The van der Waals surface area contributed by atoms with E-state index in [4.69, 9.17) is 5.11 Å². The molecule has 1 N–H and O–H groups in total. The Balaban J connectivity index is 2.75. The first-order chi connectivity index (χ1) is 6.41. The van der Waals surface area contributed by atoms with Crippen LogP contribution in [0, 0.1) is 6.92 Å². The molecule has 1 aromatic rings. The lowest BCUT2D eigenvalue weighted by molar-refractivity contribution is -0.203. The van der Waals surface area contributed by atoms with Crippen molar-refractivity contribution in [3.8, 4) is 0 Å². The number of hydrogen-bond donors (Lipinski definition) is 1. The van der Waals surface area contributed by atoms with Gasteiger partial charge in [-0.2, -0.15) is 13.2 Å². The fraction of sp³-hybridized carbons (Fsp3) is 0.400. The Hall–Kier alpha value is -1.03. The van der Waals surface area contributed by atoms with Crippen LogP contribution in [-0.4, -0.2) is 17.4 Å². The van der Waals surface area contributed by atoms with E-state index >= 15 is 0 Å². The van der Waals surface area contributed by atoms with Crippen LogP contribution < -0.4 is 0 Å². The molecule has 4 heteroatoms. The molecule has 78 valence electrons. The number of rotatable bonds is 2. The standard InChI is InChI=1S/C10H11F3O/c1-7-4-2-3-5-8(7)6-9(14)10(11,12)13/h2-5,9,14H,6H2,1H3/t9-/m0/s1. The van der Waals surface area contributed by atoms with E-state index in [0.717, 1.165) is 5.56 Å². The summed E-state index contributed by atoms with van der Waals surface area (Å²) in [4.78, 5) is 0. The molecular formula is C10H11F3O. The number of aliphatic hydroxyl groups is 1. The van der Waals surface area contributed by atoms with Gasteiger partial charge in [-0.25, -0.2) is 0 Å². The van der Waals surface area contributed by atoms with Gasteiger partial charge in [-0.3, -0.25) is 0 Å². The molecular weight excluding hydrogens is 193 g/mol. The molecule has 0 aliphatic carbocycles. The number of halogens is 3. The second kappa shape index (κ2) is 4.00. The summed E-state index contributed by atoms with van der Waals surface area (Å²) in [5.74, 6) is 0. The van der Waals surface area contributed by atoms with Crippen LogP contribution in [0.3, 0.4) is 0 Å². The van der Waals surface area contributed by atoms with Crippen molar-refractivity contribution in [3.05, 3.63) is 35.4 Å². The van der Waals surface area contributed by atoms with E-state index in [1.807, 2.05) is 0 Å². The molecule has 0 aliphatic rings. The van der Waals surface area contributed by atoms with Gasteiger partial charge in [0.2, 0.25) is 0 Å². The minimum absolute atomic E-state index is 0.379. The van der Waals surface area contributed by atoms with Crippen LogP contribution in [0.5, 0.6) is 0 Å². The number of aryl methyl sites for hydroxylation is 1. The van der Waals surface area contributed by atoms with E-state index in [1.165, 1.54) is 0 Å². The van der Waals surface area contributed by atoms with Gasteiger partial charge in [-0.05, 0) is 18.1 Å². The fourth-order valence-electron chi connectivity index (χ4n) is 1.16. The average Bonchev–Trinajstić information content (AvgIpc) is 2.07. The van der Waals surface area contributed by atoms with Crippen molar-refractivity contribution >= 4 is 0 Å². The number of alkyl halides is 3. The Labute approximate surface area is 80.2 Å². The summed E-state index contributed by atoms with van der Waals surface area (Å²) < 4.78 is 36.0. The highest BCUT2D eigenvalue weighted by atomic mass is 19.4. The Morgan fingerprint density at radius 3 is 2.36 bits per heavy atom. The van der Waals surface area contributed by atoms with Gasteiger partial charge in [-0.1, -0.05) is 24.3 Å². The summed E-state index contributed by atoms with van der Waals surface area (Å²) in [6.07, 6.45) is -7.19. The van der Waals surface area contributed by atoms with Gasteiger partial charge < -0.3 is 5.11 Å².